The van der Waals surface area contributed by atoms with Gasteiger partial charge in [0.15, 0.2) is 0 Å². The quantitative estimate of drug-likeness (QED) is 0.597. The Balaban J connectivity index is 3.34. The van der Waals surface area contributed by atoms with Gasteiger partial charge in [-0.15, -0.1) is 0 Å². The summed E-state index contributed by atoms with van der Waals surface area (Å²) in [6.45, 7) is 13.4. The van der Waals surface area contributed by atoms with Crippen LogP contribution in [0.2, 0.25) is 0 Å². The molecule has 16 heavy (non-hydrogen) atoms. The van der Waals surface area contributed by atoms with Crippen molar-refractivity contribution >= 4 is 0 Å². The molecular weight excluding hydrogens is 202 g/mol. The highest BCUT2D eigenvalue weighted by Gasteiger charge is 2.23. The van der Waals surface area contributed by atoms with E-state index >= 15 is 0 Å². The molecule has 0 saturated carbocycles. The Morgan fingerprint density at radius 3 is 2.38 bits per heavy atom. The van der Waals surface area contributed by atoms with Crippen LogP contribution < -0.4 is 5.32 Å². The van der Waals surface area contributed by atoms with Crippen LogP contribution in [0, 0.1) is 11.8 Å². The molecule has 3 nitrogen and oxygen atoms in total. The van der Waals surface area contributed by atoms with E-state index in [9.17, 15) is 5.11 Å². The van der Waals surface area contributed by atoms with Crippen molar-refractivity contribution in [2.45, 2.75) is 46.6 Å². The number of ether oxygens (including phenoxy) is 1. The van der Waals surface area contributed by atoms with Crippen molar-refractivity contribution in [2.75, 3.05) is 26.3 Å². The fourth-order valence-corrected chi connectivity index (χ4v) is 1.16. The van der Waals surface area contributed by atoms with E-state index in [1.54, 1.807) is 0 Å². The molecule has 98 valence electrons. The highest BCUT2D eigenvalue weighted by atomic mass is 16.5. The minimum atomic E-state index is -0.612. The van der Waals surface area contributed by atoms with E-state index in [0.717, 1.165) is 26.2 Å². The smallest absolute Gasteiger partial charge is 0.0766 e. The van der Waals surface area contributed by atoms with E-state index < -0.39 is 5.60 Å². The van der Waals surface area contributed by atoms with Crippen LogP contribution in [0.1, 0.15) is 41.0 Å². The molecule has 1 unspecified atom stereocenters. The predicted molar refractivity (Wildman–Crippen MR) is 68.6 cm³/mol. The van der Waals surface area contributed by atoms with Gasteiger partial charge in [-0.25, -0.2) is 0 Å². The third-order valence-electron chi connectivity index (χ3n) is 2.82. The Hall–Kier alpha value is -0.120. The Labute approximate surface area is 101 Å². The molecule has 0 aromatic carbocycles. The van der Waals surface area contributed by atoms with Crippen molar-refractivity contribution in [3.8, 4) is 0 Å². The van der Waals surface area contributed by atoms with Crippen LogP contribution in [0.4, 0.5) is 0 Å². The fourth-order valence-electron chi connectivity index (χ4n) is 1.16. The zero-order valence-corrected chi connectivity index (χ0v) is 11.5. The molecule has 0 amide bonds. The summed E-state index contributed by atoms with van der Waals surface area (Å²) in [5.74, 6) is 0.881. The SMILES string of the molecule is CC(C)COCCCNCC(C)(O)C(C)C. The Morgan fingerprint density at radius 1 is 1.25 bits per heavy atom. The van der Waals surface area contributed by atoms with Crippen LogP contribution in [-0.2, 0) is 4.74 Å². The van der Waals surface area contributed by atoms with Gasteiger partial charge in [0.25, 0.3) is 0 Å². The zero-order valence-electron chi connectivity index (χ0n) is 11.5. The third-order valence-corrected chi connectivity index (χ3v) is 2.82. The van der Waals surface area contributed by atoms with Gasteiger partial charge in [-0.05, 0) is 31.7 Å². The molecule has 0 aliphatic heterocycles. The van der Waals surface area contributed by atoms with Crippen LogP contribution in [-0.4, -0.2) is 37.0 Å². The van der Waals surface area contributed by atoms with Crippen molar-refractivity contribution in [1.82, 2.24) is 5.32 Å². The molecule has 0 aromatic rings. The molecule has 0 radical (unpaired) electrons. The van der Waals surface area contributed by atoms with Gasteiger partial charge in [0, 0.05) is 19.8 Å². The van der Waals surface area contributed by atoms with Gasteiger partial charge in [0.05, 0.1) is 5.60 Å². The second-order valence-corrected chi connectivity index (χ2v) is 5.51. The number of rotatable bonds is 9. The molecule has 2 N–H and O–H groups in total. The van der Waals surface area contributed by atoms with Gasteiger partial charge in [-0.1, -0.05) is 27.7 Å². The van der Waals surface area contributed by atoms with E-state index in [2.05, 4.69) is 19.2 Å². The Morgan fingerprint density at radius 2 is 1.88 bits per heavy atom. The molecule has 0 fully saturated rings. The lowest BCUT2D eigenvalue weighted by molar-refractivity contribution is 0.0137. The van der Waals surface area contributed by atoms with Crippen LogP contribution in [0.25, 0.3) is 0 Å². The lowest BCUT2D eigenvalue weighted by atomic mass is 9.92. The topological polar surface area (TPSA) is 41.5 Å². The minimum absolute atomic E-state index is 0.275. The Bertz CT molecular complexity index is 167. The van der Waals surface area contributed by atoms with Crippen LogP contribution >= 0.6 is 0 Å². The highest BCUT2D eigenvalue weighted by molar-refractivity contribution is 4.78. The fraction of sp³-hybridized carbons (Fsp3) is 1.00. The Kier molecular flexibility index (Phi) is 7.98. The van der Waals surface area contributed by atoms with Gasteiger partial charge in [-0.2, -0.15) is 0 Å². The first kappa shape index (κ1) is 15.9. The maximum Gasteiger partial charge on any atom is 0.0766 e. The predicted octanol–water partition coefficient (Wildman–Crippen LogP) is 2.05. The molecule has 1 atom stereocenters. The molecular formula is C13H29NO2. The maximum absolute atomic E-state index is 9.97. The van der Waals surface area contributed by atoms with Crippen LogP contribution in [0.5, 0.6) is 0 Å². The summed E-state index contributed by atoms with van der Waals surface area (Å²) in [5, 5.41) is 13.2. The van der Waals surface area contributed by atoms with Gasteiger partial charge >= 0.3 is 0 Å². The number of aliphatic hydroxyl groups is 1. The molecule has 0 saturated heterocycles. The average Bonchev–Trinajstić information content (AvgIpc) is 2.15. The largest absolute Gasteiger partial charge is 0.389 e. The van der Waals surface area contributed by atoms with Gasteiger partial charge < -0.3 is 15.2 Å². The summed E-state index contributed by atoms with van der Waals surface area (Å²) in [4.78, 5) is 0. The standard InChI is InChI=1S/C13H29NO2/c1-11(2)9-16-8-6-7-14-10-13(5,15)12(3)4/h11-12,14-15H,6-10H2,1-5H3. The van der Waals surface area contributed by atoms with Crippen molar-refractivity contribution in [2.24, 2.45) is 11.8 Å². The van der Waals surface area contributed by atoms with Crippen LogP contribution in [0.3, 0.4) is 0 Å². The minimum Gasteiger partial charge on any atom is -0.389 e. The van der Waals surface area contributed by atoms with Crippen molar-refractivity contribution < 1.29 is 9.84 Å². The zero-order chi connectivity index (χ0) is 12.6. The molecule has 0 aliphatic rings. The average molecular weight is 231 g/mol. The number of hydrogen-bond acceptors (Lipinski definition) is 3. The van der Waals surface area contributed by atoms with E-state index in [0.29, 0.717) is 12.5 Å². The van der Waals surface area contributed by atoms with Crippen molar-refractivity contribution in [1.29, 1.82) is 0 Å². The second kappa shape index (κ2) is 8.04. The molecule has 3 heteroatoms. The summed E-state index contributed by atoms with van der Waals surface area (Å²) in [5.41, 5.74) is -0.612. The monoisotopic (exact) mass is 231 g/mol. The van der Waals surface area contributed by atoms with E-state index in [-0.39, 0.29) is 5.92 Å². The second-order valence-electron chi connectivity index (χ2n) is 5.51. The summed E-state index contributed by atoms with van der Waals surface area (Å²) in [6.07, 6.45) is 1.00. The lowest BCUT2D eigenvalue weighted by Gasteiger charge is -2.27. The summed E-state index contributed by atoms with van der Waals surface area (Å²) < 4.78 is 5.47. The molecule has 0 bridgehead atoms. The van der Waals surface area contributed by atoms with E-state index in [4.69, 9.17) is 4.74 Å². The van der Waals surface area contributed by atoms with Gasteiger partial charge in [-0.3, -0.25) is 0 Å². The molecule has 0 heterocycles. The van der Waals surface area contributed by atoms with Crippen LogP contribution in [0.15, 0.2) is 0 Å². The number of hydrogen-bond donors (Lipinski definition) is 2. The first-order valence-corrected chi connectivity index (χ1v) is 6.37. The van der Waals surface area contributed by atoms with E-state index in [1.807, 2.05) is 20.8 Å². The first-order chi connectivity index (χ1) is 7.36. The van der Waals surface area contributed by atoms with Crippen molar-refractivity contribution in [3.05, 3.63) is 0 Å². The normalized spacial score (nSPS) is 15.8. The third kappa shape index (κ3) is 8.08. The number of nitrogens with one attached hydrogen (secondary N) is 1. The highest BCUT2D eigenvalue weighted by Crippen LogP contribution is 2.14. The molecule has 0 rings (SSSR count). The van der Waals surface area contributed by atoms with Gasteiger partial charge in [0.1, 0.15) is 0 Å². The molecule has 0 spiro atoms. The van der Waals surface area contributed by atoms with E-state index in [1.165, 1.54) is 0 Å². The summed E-state index contributed by atoms with van der Waals surface area (Å²) in [6, 6.07) is 0. The maximum atomic E-state index is 9.97. The summed E-state index contributed by atoms with van der Waals surface area (Å²) in [7, 11) is 0. The molecule has 0 aliphatic carbocycles. The van der Waals surface area contributed by atoms with Crippen molar-refractivity contribution in [3.63, 3.8) is 0 Å². The molecule has 0 aromatic heterocycles. The van der Waals surface area contributed by atoms with Gasteiger partial charge in [0.2, 0.25) is 0 Å². The summed E-state index contributed by atoms with van der Waals surface area (Å²) >= 11 is 0. The first-order valence-electron chi connectivity index (χ1n) is 6.37. The lowest BCUT2D eigenvalue weighted by Crippen LogP contribution is -2.42.